The lowest BCUT2D eigenvalue weighted by molar-refractivity contribution is 0.567. The Morgan fingerprint density at radius 2 is 1.77 bits per heavy atom. The SMILES string of the molecule is Cc1cc(N2C(=S)N[C@H](c3ccccn3)[C@H]2c2ccn(-c3ccccc3)c2)ccc1F. The molecule has 1 fully saturated rings. The average molecular weight is 429 g/mol. The van der Waals surface area contributed by atoms with E-state index >= 15 is 0 Å². The molecule has 0 bridgehead atoms. The van der Waals surface area contributed by atoms with Crippen molar-refractivity contribution in [3.63, 3.8) is 0 Å². The van der Waals surface area contributed by atoms with Crippen LogP contribution in [0.1, 0.15) is 28.9 Å². The number of rotatable bonds is 4. The van der Waals surface area contributed by atoms with E-state index in [2.05, 4.69) is 50.4 Å². The van der Waals surface area contributed by atoms with E-state index in [0.717, 1.165) is 22.6 Å². The van der Waals surface area contributed by atoms with Crippen molar-refractivity contribution in [2.45, 2.75) is 19.0 Å². The highest BCUT2D eigenvalue weighted by molar-refractivity contribution is 7.80. The Morgan fingerprint density at radius 1 is 0.968 bits per heavy atom. The first kappa shape index (κ1) is 19.5. The highest BCUT2D eigenvalue weighted by Crippen LogP contribution is 2.42. The number of halogens is 1. The molecule has 1 saturated heterocycles. The van der Waals surface area contributed by atoms with Gasteiger partial charge in [-0.3, -0.25) is 4.98 Å². The summed E-state index contributed by atoms with van der Waals surface area (Å²) in [6.45, 7) is 1.77. The Kier molecular flexibility index (Phi) is 5.00. The summed E-state index contributed by atoms with van der Waals surface area (Å²) in [5.74, 6) is -0.227. The summed E-state index contributed by atoms with van der Waals surface area (Å²) in [6, 6.07) is 23.0. The first-order valence-corrected chi connectivity index (χ1v) is 10.5. The molecule has 3 heterocycles. The molecule has 0 radical (unpaired) electrons. The molecule has 4 aromatic rings. The lowest BCUT2D eigenvalue weighted by atomic mass is 9.98. The maximum Gasteiger partial charge on any atom is 0.174 e. The van der Waals surface area contributed by atoms with Crippen LogP contribution in [0.2, 0.25) is 0 Å². The fraction of sp³-hybridized carbons (Fsp3) is 0.120. The zero-order chi connectivity index (χ0) is 21.4. The standard InChI is InChI=1S/C25H21FN4S/c1-17-15-20(10-11-21(17)26)30-24(23(28-25(30)31)22-9-5-6-13-27-22)18-12-14-29(16-18)19-7-3-2-4-8-19/h2-16,23-24H,1H3,(H,28,31)/t23-,24-/m1/s1. The molecule has 154 valence electrons. The predicted octanol–water partition coefficient (Wildman–Crippen LogP) is 5.50. The van der Waals surface area contributed by atoms with E-state index in [1.165, 1.54) is 6.07 Å². The van der Waals surface area contributed by atoms with E-state index in [1.54, 1.807) is 19.2 Å². The Balaban J connectivity index is 1.61. The first-order valence-electron chi connectivity index (χ1n) is 10.1. The molecule has 5 rings (SSSR count). The van der Waals surface area contributed by atoms with Crippen molar-refractivity contribution < 1.29 is 4.39 Å². The lowest BCUT2D eigenvalue weighted by Gasteiger charge is -2.27. The summed E-state index contributed by atoms with van der Waals surface area (Å²) in [4.78, 5) is 6.64. The van der Waals surface area contributed by atoms with Gasteiger partial charge in [-0.2, -0.15) is 0 Å². The largest absolute Gasteiger partial charge is 0.351 e. The second kappa shape index (κ2) is 7.96. The third-order valence-corrected chi connectivity index (χ3v) is 5.94. The number of hydrogen-bond donors (Lipinski definition) is 1. The van der Waals surface area contributed by atoms with Gasteiger partial charge in [-0.25, -0.2) is 4.39 Å². The fourth-order valence-corrected chi connectivity index (χ4v) is 4.45. The molecule has 6 heteroatoms. The molecule has 0 saturated carbocycles. The highest BCUT2D eigenvalue weighted by atomic mass is 32.1. The zero-order valence-electron chi connectivity index (χ0n) is 16.9. The third-order valence-electron chi connectivity index (χ3n) is 5.63. The Hall–Kier alpha value is -3.51. The number of thiocarbonyl (C=S) groups is 1. The molecule has 2 aromatic heterocycles. The van der Waals surface area contributed by atoms with Crippen molar-refractivity contribution in [1.29, 1.82) is 0 Å². The van der Waals surface area contributed by atoms with Gasteiger partial charge in [-0.1, -0.05) is 24.3 Å². The second-order valence-corrected chi connectivity index (χ2v) is 8.00. The summed E-state index contributed by atoms with van der Waals surface area (Å²) in [7, 11) is 0. The Bertz CT molecular complexity index is 1220. The first-order chi connectivity index (χ1) is 15.1. The average Bonchev–Trinajstić information content (AvgIpc) is 3.41. The van der Waals surface area contributed by atoms with Crippen molar-refractivity contribution in [2.24, 2.45) is 0 Å². The molecular weight excluding hydrogens is 407 g/mol. The predicted molar refractivity (Wildman–Crippen MR) is 125 cm³/mol. The minimum absolute atomic E-state index is 0.128. The van der Waals surface area contributed by atoms with E-state index in [0.29, 0.717) is 10.7 Å². The van der Waals surface area contributed by atoms with Gasteiger partial charge in [0.2, 0.25) is 0 Å². The second-order valence-electron chi connectivity index (χ2n) is 7.62. The van der Waals surface area contributed by atoms with Crippen LogP contribution in [0.4, 0.5) is 10.1 Å². The van der Waals surface area contributed by atoms with E-state index in [9.17, 15) is 4.39 Å². The highest BCUT2D eigenvalue weighted by Gasteiger charge is 2.41. The van der Waals surface area contributed by atoms with Gasteiger partial charge >= 0.3 is 0 Å². The molecule has 1 N–H and O–H groups in total. The number of anilines is 1. The minimum Gasteiger partial charge on any atom is -0.351 e. The van der Waals surface area contributed by atoms with Crippen molar-refractivity contribution in [2.75, 3.05) is 4.90 Å². The zero-order valence-corrected chi connectivity index (χ0v) is 17.8. The smallest absolute Gasteiger partial charge is 0.174 e. The van der Waals surface area contributed by atoms with Crippen molar-refractivity contribution in [3.8, 4) is 5.69 Å². The maximum atomic E-state index is 14.0. The number of hydrogen-bond acceptors (Lipinski definition) is 2. The van der Waals surface area contributed by atoms with Gasteiger partial charge in [0.05, 0.1) is 17.8 Å². The minimum atomic E-state index is -0.227. The number of benzene rings is 2. The quantitative estimate of drug-likeness (QED) is 0.435. The molecule has 0 amide bonds. The molecule has 2 atom stereocenters. The molecule has 4 nitrogen and oxygen atoms in total. The van der Waals surface area contributed by atoms with Gasteiger partial charge in [0, 0.05) is 30.0 Å². The summed E-state index contributed by atoms with van der Waals surface area (Å²) < 4.78 is 16.1. The molecule has 1 aliphatic heterocycles. The van der Waals surface area contributed by atoms with E-state index in [-0.39, 0.29) is 17.9 Å². The normalized spacial score (nSPS) is 18.3. The summed E-state index contributed by atoms with van der Waals surface area (Å²) in [5, 5.41) is 4.04. The van der Waals surface area contributed by atoms with Gasteiger partial charge in [-0.05, 0) is 78.8 Å². The van der Waals surface area contributed by atoms with Gasteiger partial charge < -0.3 is 14.8 Å². The van der Waals surface area contributed by atoms with Crippen LogP contribution in [0, 0.1) is 12.7 Å². The molecule has 2 aromatic carbocycles. The van der Waals surface area contributed by atoms with Gasteiger partial charge in [0.15, 0.2) is 5.11 Å². The summed E-state index contributed by atoms with van der Waals surface area (Å²) in [5.41, 5.74) is 4.52. The molecule has 0 aliphatic carbocycles. The van der Waals surface area contributed by atoms with Crippen LogP contribution in [0.25, 0.3) is 5.69 Å². The Labute approximate surface area is 186 Å². The van der Waals surface area contributed by atoms with Gasteiger partial charge in [-0.15, -0.1) is 0 Å². The third kappa shape index (κ3) is 3.59. The number of aryl methyl sites for hydroxylation is 1. The Morgan fingerprint density at radius 3 is 2.52 bits per heavy atom. The number of aromatic nitrogens is 2. The molecule has 0 spiro atoms. The van der Waals surface area contributed by atoms with Crippen LogP contribution in [-0.2, 0) is 0 Å². The van der Waals surface area contributed by atoms with Crippen LogP contribution in [0.5, 0.6) is 0 Å². The van der Waals surface area contributed by atoms with Crippen LogP contribution < -0.4 is 10.2 Å². The summed E-state index contributed by atoms with van der Waals surface area (Å²) in [6.07, 6.45) is 5.96. The monoisotopic (exact) mass is 428 g/mol. The van der Waals surface area contributed by atoms with Crippen molar-refractivity contribution in [3.05, 3.63) is 114 Å². The molecule has 31 heavy (non-hydrogen) atoms. The maximum absolute atomic E-state index is 14.0. The van der Waals surface area contributed by atoms with Crippen molar-refractivity contribution in [1.82, 2.24) is 14.9 Å². The number of para-hydroxylation sites is 1. The van der Waals surface area contributed by atoms with E-state index < -0.39 is 0 Å². The number of nitrogens with zero attached hydrogens (tertiary/aromatic N) is 3. The van der Waals surface area contributed by atoms with Gasteiger partial charge in [0.1, 0.15) is 5.82 Å². The van der Waals surface area contributed by atoms with E-state index in [1.807, 2.05) is 42.5 Å². The van der Waals surface area contributed by atoms with Crippen LogP contribution in [0.3, 0.4) is 0 Å². The number of nitrogens with one attached hydrogen (secondary N) is 1. The van der Waals surface area contributed by atoms with Crippen LogP contribution >= 0.6 is 12.2 Å². The van der Waals surface area contributed by atoms with Crippen molar-refractivity contribution >= 4 is 23.0 Å². The van der Waals surface area contributed by atoms with Gasteiger partial charge in [0.25, 0.3) is 0 Å². The summed E-state index contributed by atoms with van der Waals surface area (Å²) >= 11 is 5.74. The molecule has 1 aliphatic rings. The van der Waals surface area contributed by atoms with Crippen LogP contribution in [0.15, 0.2) is 91.4 Å². The topological polar surface area (TPSA) is 33.1 Å². The fourth-order valence-electron chi connectivity index (χ4n) is 4.10. The number of pyridine rings is 1. The molecule has 0 unspecified atom stereocenters. The van der Waals surface area contributed by atoms with Crippen LogP contribution in [-0.4, -0.2) is 14.7 Å². The lowest BCUT2D eigenvalue weighted by Crippen LogP contribution is -2.29. The van der Waals surface area contributed by atoms with E-state index in [4.69, 9.17) is 12.2 Å². The molecular formula is C25H21FN4S.